The first kappa shape index (κ1) is 14.5. The summed E-state index contributed by atoms with van der Waals surface area (Å²) in [7, 11) is -4.59. The molecule has 0 bridgehead atoms. The molecular formula is C14H13F2NO2S2. The fourth-order valence-electron chi connectivity index (χ4n) is 2.51. The lowest BCUT2D eigenvalue weighted by Gasteiger charge is -2.30. The molecule has 1 aromatic heterocycles. The average Bonchev–Trinajstić information content (AvgIpc) is 2.94. The monoisotopic (exact) mass is 329 g/mol. The third-order valence-electron chi connectivity index (χ3n) is 3.55. The van der Waals surface area contributed by atoms with Crippen LogP contribution in [0.5, 0.6) is 0 Å². The van der Waals surface area contributed by atoms with Crippen LogP contribution in [-0.2, 0) is 22.8 Å². The lowest BCUT2D eigenvalue weighted by Crippen LogP contribution is -2.31. The van der Waals surface area contributed by atoms with Crippen LogP contribution in [0, 0.1) is 0 Å². The SMILES string of the molecule is O=S(=O)(c1ccccc1N1CCc2sccc2C1)C(F)F. The maximum Gasteiger partial charge on any atom is 0.341 e. The molecule has 1 aromatic carbocycles. The summed E-state index contributed by atoms with van der Waals surface area (Å²) in [4.78, 5) is 2.84. The zero-order valence-corrected chi connectivity index (χ0v) is 12.6. The number of alkyl halides is 2. The number of hydrogen-bond donors (Lipinski definition) is 0. The van der Waals surface area contributed by atoms with E-state index in [2.05, 4.69) is 0 Å². The fraction of sp³-hybridized carbons (Fsp3) is 0.286. The van der Waals surface area contributed by atoms with Gasteiger partial charge in [0.25, 0.3) is 0 Å². The number of anilines is 1. The summed E-state index contributed by atoms with van der Waals surface area (Å²) >= 11 is 1.67. The smallest absolute Gasteiger partial charge is 0.341 e. The number of hydrogen-bond acceptors (Lipinski definition) is 4. The van der Waals surface area contributed by atoms with Crippen molar-refractivity contribution in [3.63, 3.8) is 0 Å². The van der Waals surface area contributed by atoms with E-state index in [9.17, 15) is 17.2 Å². The minimum absolute atomic E-state index is 0.293. The van der Waals surface area contributed by atoms with Crippen molar-refractivity contribution in [1.82, 2.24) is 0 Å². The summed E-state index contributed by atoms with van der Waals surface area (Å²) in [6.45, 7) is 1.18. The Labute approximate surface area is 125 Å². The summed E-state index contributed by atoms with van der Waals surface area (Å²) in [5.41, 5.74) is 1.49. The molecule has 0 amide bonds. The van der Waals surface area contributed by atoms with Crippen molar-refractivity contribution in [2.24, 2.45) is 0 Å². The van der Waals surface area contributed by atoms with Gasteiger partial charge in [-0.05, 0) is 35.6 Å². The van der Waals surface area contributed by atoms with Gasteiger partial charge in [-0.3, -0.25) is 0 Å². The molecule has 3 nitrogen and oxygen atoms in total. The number of rotatable bonds is 3. The molecule has 0 N–H and O–H groups in total. The van der Waals surface area contributed by atoms with E-state index in [1.807, 2.05) is 16.3 Å². The third kappa shape index (κ3) is 2.55. The number of benzene rings is 1. The molecule has 112 valence electrons. The van der Waals surface area contributed by atoms with Gasteiger partial charge in [0.2, 0.25) is 9.84 Å². The minimum Gasteiger partial charge on any atom is -0.366 e. The molecule has 7 heteroatoms. The van der Waals surface area contributed by atoms with E-state index < -0.39 is 15.6 Å². The summed E-state index contributed by atoms with van der Waals surface area (Å²) in [6, 6.07) is 7.98. The molecule has 0 fully saturated rings. The molecule has 0 aliphatic carbocycles. The highest BCUT2D eigenvalue weighted by Gasteiger charge is 2.31. The molecule has 0 unspecified atom stereocenters. The molecule has 2 heterocycles. The highest BCUT2D eigenvalue weighted by Crippen LogP contribution is 2.33. The van der Waals surface area contributed by atoms with Gasteiger partial charge in [-0.2, -0.15) is 8.78 Å². The van der Waals surface area contributed by atoms with Crippen molar-refractivity contribution in [3.05, 3.63) is 46.2 Å². The Morgan fingerprint density at radius 3 is 2.71 bits per heavy atom. The molecule has 21 heavy (non-hydrogen) atoms. The van der Waals surface area contributed by atoms with Gasteiger partial charge in [-0.1, -0.05) is 12.1 Å². The largest absolute Gasteiger partial charge is 0.366 e. The first-order chi connectivity index (χ1) is 10.00. The highest BCUT2D eigenvalue weighted by atomic mass is 32.2. The highest BCUT2D eigenvalue weighted by molar-refractivity contribution is 7.91. The van der Waals surface area contributed by atoms with E-state index in [1.165, 1.54) is 17.0 Å². The first-order valence-electron chi connectivity index (χ1n) is 6.41. The van der Waals surface area contributed by atoms with Crippen LogP contribution in [0.1, 0.15) is 10.4 Å². The van der Waals surface area contributed by atoms with Gasteiger partial charge in [0.1, 0.15) is 0 Å². The minimum atomic E-state index is -4.59. The lowest BCUT2D eigenvalue weighted by molar-refractivity contribution is 0.235. The van der Waals surface area contributed by atoms with Crippen molar-refractivity contribution < 1.29 is 17.2 Å². The molecular weight excluding hydrogens is 316 g/mol. The number of para-hydroxylation sites is 1. The van der Waals surface area contributed by atoms with Gasteiger partial charge in [-0.15, -0.1) is 11.3 Å². The molecule has 0 saturated carbocycles. The Morgan fingerprint density at radius 2 is 1.95 bits per heavy atom. The predicted molar refractivity (Wildman–Crippen MR) is 78.7 cm³/mol. The molecule has 2 aromatic rings. The number of sulfone groups is 1. The fourth-order valence-corrected chi connectivity index (χ4v) is 4.35. The Bertz CT molecular complexity index is 756. The van der Waals surface area contributed by atoms with Crippen molar-refractivity contribution in [2.45, 2.75) is 23.6 Å². The van der Waals surface area contributed by atoms with E-state index in [0.717, 1.165) is 12.0 Å². The Morgan fingerprint density at radius 1 is 1.19 bits per heavy atom. The third-order valence-corrected chi connectivity index (χ3v) is 6.01. The maximum atomic E-state index is 12.8. The second-order valence-electron chi connectivity index (χ2n) is 4.81. The molecule has 0 atom stereocenters. The normalized spacial score (nSPS) is 15.3. The second-order valence-corrected chi connectivity index (χ2v) is 7.70. The molecule has 0 saturated heterocycles. The van der Waals surface area contributed by atoms with Crippen LogP contribution < -0.4 is 4.90 Å². The van der Waals surface area contributed by atoms with E-state index in [0.29, 0.717) is 18.8 Å². The van der Waals surface area contributed by atoms with Crippen molar-refractivity contribution >= 4 is 26.9 Å². The van der Waals surface area contributed by atoms with Crippen LogP contribution in [0.3, 0.4) is 0 Å². The maximum absolute atomic E-state index is 12.8. The van der Waals surface area contributed by atoms with Crippen LogP contribution in [0.15, 0.2) is 40.6 Å². The molecule has 3 rings (SSSR count). The van der Waals surface area contributed by atoms with E-state index in [4.69, 9.17) is 0 Å². The van der Waals surface area contributed by atoms with Gasteiger partial charge in [0.15, 0.2) is 0 Å². The predicted octanol–water partition coefficient (Wildman–Crippen LogP) is 3.31. The zero-order chi connectivity index (χ0) is 15.0. The Hall–Kier alpha value is -1.47. The number of halogens is 2. The van der Waals surface area contributed by atoms with Gasteiger partial charge < -0.3 is 4.90 Å². The van der Waals surface area contributed by atoms with E-state index in [1.54, 1.807) is 23.5 Å². The van der Waals surface area contributed by atoms with Crippen molar-refractivity contribution in [1.29, 1.82) is 0 Å². The molecule has 0 spiro atoms. The number of fused-ring (bicyclic) bond motifs is 1. The average molecular weight is 329 g/mol. The first-order valence-corrected chi connectivity index (χ1v) is 8.84. The van der Waals surface area contributed by atoms with Crippen LogP contribution in [0.4, 0.5) is 14.5 Å². The van der Waals surface area contributed by atoms with Crippen LogP contribution in [-0.4, -0.2) is 20.7 Å². The number of thiophene rings is 1. The number of nitrogens with zero attached hydrogens (tertiary/aromatic N) is 1. The van der Waals surface area contributed by atoms with Gasteiger partial charge in [-0.25, -0.2) is 8.42 Å². The van der Waals surface area contributed by atoms with E-state index >= 15 is 0 Å². The van der Waals surface area contributed by atoms with Gasteiger partial charge in [0.05, 0.1) is 10.6 Å². The summed E-state index contributed by atoms with van der Waals surface area (Å²) in [5, 5.41) is 2.00. The quantitative estimate of drug-likeness (QED) is 0.867. The zero-order valence-electron chi connectivity index (χ0n) is 11.0. The topological polar surface area (TPSA) is 37.4 Å². The van der Waals surface area contributed by atoms with Gasteiger partial charge in [0, 0.05) is 18.0 Å². The summed E-state index contributed by atoms with van der Waals surface area (Å²) in [6.07, 6.45) is 0.802. The van der Waals surface area contributed by atoms with Crippen LogP contribution >= 0.6 is 11.3 Å². The molecule has 1 aliphatic rings. The Balaban J connectivity index is 2.01. The van der Waals surface area contributed by atoms with E-state index in [-0.39, 0.29) is 4.90 Å². The molecule has 0 radical (unpaired) electrons. The lowest BCUT2D eigenvalue weighted by atomic mass is 10.1. The van der Waals surface area contributed by atoms with Crippen molar-refractivity contribution in [2.75, 3.05) is 11.4 Å². The van der Waals surface area contributed by atoms with Crippen molar-refractivity contribution in [3.8, 4) is 0 Å². The summed E-state index contributed by atoms with van der Waals surface area (Å²) < 4.78 is 49.3. The summed E-state index contributed by atoms with van der Waals surface area (Å²) in [5.74, 6) is -3.40. The second kappa shape index (κ2) is 5.38. The Kier molecular flexibility index (Phi) is 3.71. The van der Waals surface area contributed by atoms with Crippen LogP contribution in [0.2, 0.25) is 0 Å². The van der Waals surface area contributed by atoms with Gasteiger partial charge >= 0.3 is 5.76 Å². The van der Waals surface area contributed by atoms with Crippen LogP contribution in [0.25, 0.3) is 0 Å². The standard InChI is InChI=1S/C14H13F2NO2S2/c15-14(16)21(18,19)13-4-2-1-3-11(13)17-7-5-12-10(9-17)6-8-20-12/h1-4,6,8,14H,5,7,9H2. The molecule has 1 aliphatic heterocycles.